The molecule has 1 saturated carbocycles. The first-order valence-corrected chi connectivity index (χ1v) is 7.98. The number of hydrogen-bond donors (Lipinski definition) is 2. The van der Waals surface area contributed by atoms with Crippen LogP contribution >= 0.6 is 0 Å². The van der Waals surface area contributed by atoms with E-state index in [0.29, 0.717) is 12.5 Å². The van der Waals surface area contributed by atoms with Crippen LogP contribution in [0.25, 0.3) is 0 Å². The minimum atomic E-state index is -0.796. The predicted molar refractivity (Wildman–Crippen MR) is 81.6 cm³/mol. The summed E-state index contributed by atoms with van der Waals surface area (Å²) in [5.41, 5.74) is -0.796. The molecule has 0 spiro atoms. The van der Waals surface area contributed by atoms with Crippen molar-refractivity contribution in [2.75, 3.05) is 0 Å². The molecule has 0 radical (unpaired) electrons. The average molecular weight is 293 g/mol. The van der Waals surface area contributed by atoms with Crippen molar-refractivity contribution in [3.63, 3.8) is 0 Å². The molecule has 1 amide bonds. The van der Waals surface area contributed by atoms with E-state index in [9.17, 15) is 9.90 Å². The van der Waals surface area contributed by atoms with E-state index in [4.69, 9.17) is 0 Å². The number of nitrogens with zero attached hydrogens (tertiary/aromatic N) is 2. The standard InChI is InChI=1S/C16H27N3O2/c1-13(2)12-19-9-8-17-14(19)11-18-15(20)10-16(21)6-4-3-5-7-16/h8-9,13,21H,3-7,10-12H2,1-2H3,(H,18,20). The first kappa shape index (κ1) is 16.0. The minimum Gasteiger partial charge on any atom is -0.389 e. The Hall–Kier alpha value is -1.36. The van der Waals surface area contributed by atoms with E-state index in [1.165, 1.54) is 0 Å². The minimum absolute atomic E-state index is 0.0847. The number of carbonyl (C=O) groups excluding carboxylic acids is 1. The van der Waals surface area contributed by atoms with Gasteiger partial charge in [-0.3, -0.25) is 4.79 Å². The zero-order valence-corrected chi connectivity index (χ0v) is 13.1. The van der Waals surface area contributed by atoms with E-state index in [2.05, 4.69) is 28.7 Å². The molecule has 2 N–H and O–H groups in total. The van der Waals surface area contributed by atoms with Gasteiger partial charge in [0.2, 0.25) is 5.91 Å². The van der Waals surface area contributed by atoms with Crippen LogP contribution in [0.15, 0.2) is 12.4 Å². The topological polar surface area (TPSA) is 67.2 Å². The van der Waals surface area contributed by atoms with Crippen LogP contribution in [-0.4, -0.2) is 26.2 Å². The first-order valence-electron chi connectivity index (χ1n) is 7.98. The summed E-state index contributed by atoms with van der Waals surface area (Å²) >= 11 is 0. The Labute approximate surface area is 126 Å². The summed E-state index contributed by atoms with van der Waals surface area (Å²) in [5.74, 6) is 1.32. The highest BCUT2D eigenvalue weighted by molar-refractivity contribution is 5.76. The third-order valence-corrected chi connectivity index (χ3v) is 4.08. The van der Waals surface area contributed by atoms with Gasteiger partial charge < -0.3 is 15.0 Å². The molecule has 1 heterocycles. The lowest BCUT2D eigenvalue weighted by atomic mass is 9.82. The fraction of sp³-hybridized carbons (Fsp3) is 0.750. The van der Waals surface area contributed by atoms with Gasteiger partial charge in [0.15, 0.2) is 0 Å². The van der Waals surface area contributed by atoms with Crippen molar-refractivity contribution in [1.82, 2.24) is 14.9 Å². The molecule has 0 aromatic carbocycles. The number of amides is 1. The lowest BCUT2D eigenvalue weighted by molar-refractivity contribution is -0.127. The van der Waals surface area contributed by atoms with Gasteiger partial charge in [0.1, 0.15) is 5.82 Å². The molecule has 2 rings (SSSR count). The second kappa shape index (κ2) is 7.07. The molecule has 1 aromatic heterocycles. The van der Waals surface area contributed by atoms with Gasteiger partial charge in [0.05, 0.1) is 18.6 Å². The maximum absolute atomic E-state index is 12.0. The monoisotopic (exact) mass is 293 g/mol. The van der Waals surface area contributed by atoms with Crippen molar-refractivity contribution in [2.45, 2.75) is 71.1 Å². The van der Waals surface area contributed by atoms with Crippen LogP contribution in [0.5, 0.6) is 0 Å². The van der Waals surface area contributed by atoms with Crippen molar-refractivity contribution < 1.29 is 9.90 Å². The van der Waals surface area contributed by atoms with Gasteiger partial charge in [-0.05, 0) is 18.8 Å². The highest BCUT2D eigenvalue weighted by atomic mass is 16.3. The normalized spacial score (nSPS) is 17.9. The molecule has 1 aliphatic rings. The highest BCUT2D eigenvalue weighted by Crippen LogP contribution is 2.30. The second-order valence-corrected chi connectivity index (χ2v) is 6.63. The van der Waals surface area contributed by atoms with Crippen molar-refractivity contribution in [2.24, 2.45) is 5.92 Å². The summed E-state index contributed by atoms with van der Waals surface area (Å²) < 4.78 is 2.07. The first-order chi connectivity index (χ1) is 9.98. The maximum atomic E-state index is 12.0. The van der Waals surface area contributed by atoms with Crippen molar-refractivity contribution in [3.8, 4) is 0 Å². The van der Waals surface area contributed by atoms with Gasteiger partial charge in [0.25, 0.3) is 0 Å². The average Bonchev–Trinajstić information content (AvgIpc) is 2.83. The maximum Gasteiger partial charge on any atom is 0.223 e. The van der Waals surface area contributed by atoms with Crippen molar-refractivity contribution >= 4 is 5.91 Å². The summed E-state index contributed by atoms with van der Waals surface area (Å²) in [6.07, 6.45) is 8.58. The summed E-state index contributed by atoms with van der Waals surface area (Å²) in [6, 6.07) is 0. The third kappa shape index (κ3) is 4.84. The molecule has 5 nitrogen and oxygen atoms in total. The van der Waals surface area contributed by atoms with Gasteiger partial charge in [-0.25, -0.2) is 4.98 Å². The molecule has 0 bridgehead atoms. The molecule has 0 aliphatic heterocycles. The molecule has 1 aromatic rings. The molecule has 0 atom stereocenters. The quantitative estimate of drug-likeness (QED) is 0.845. The van der Waals surface area contributed by atoms with E-state index >= 15 is 0 Å². The SMILES string of the molecule is CC(C)Cn1ccnc1CNC(=O)CC1(O)CCCCC1. The van der Waals surface area contributed by atoms with Gasteiger partial charge >= 0.3 is 0 Å². The van der Waals surface area contributed by atoms with Crippen LogP contribution in [-0.2, 0) is 17.9 Å². The van der Waals surface area contributed by atoms with Crippen LogP contribution in [0.2, 0.25) is 0 Å². The highest BCUT2D eigenvalue weighted by Gasteiger charge is 2.31. The lowest BCUT2D eigenvalue weighted by Crippen LogP contribution is -2.38. The van der Waals surface area contributed by atoms with Crippen molar-refractivity contribution in [3.05, 3.63) is 18.2 Å². The van der Waals surface area contributed by atoms with Crippen LogP contribution in [0.4, 0.5) is 0 Å². The van der Waals surface area contributed by atoms with E-state index in [1.807, 2.05) is 6.20 Å². The number of nitrogens with one attached hydrogen (secondary N) is 1. The number of rotatable bonds is 6. The number of aliphatic hydroxyl groups is 1. The summed E-state index contributed by atoms with van der Waals surface area (Å²) in [5, 5.41) is 13.3. The molecular weight excluding hydrogens is 266 g/mol. The smallest absolute Gasteiger partial charge is 0.223 e. The molecular formula is C16H27N3O2. The summed E-state index contributed by atoms with van der Waals surface area (Å²) in [7, 11) is 0. The van der Waals surface area contributed by atoms with Crippen LogP contribution in [0.3, 0.4) is 0 Å². The molecule has 1 fully saturated rings. The number of imidazole rings is 1. The summed E-state index contributed by atoms with van der Waals surface area (Å²) in [4.78, 5) is 16.3. The third-order valence-electron chi connectivity index (χ3n) is 4.08. The Morgan fingerprint density at radius 1 is 1.43 bits per heavy atom. The van der Waals surface area contributed by atoms with Gasteiger partial charge in [0, 0.05) is 18.9 Å². The number of carbonyl (C=O) groups is 1. The number of hydrogen-bond acceptors (Lipinski definition) is 3. The fourth-order valence-corrected chi connectivity index (χ4v) is 2.99. The molecule has 118 valence electrons. The molecule has 21 heavy (non-hydrogen) atoms. The molecule has 5 heteroatoms. The fourth-order valence-electron chi connectivity index (χ4n) is 2.99. The Balaban J connectivity index is 1.82. The molecule has 0 unspecified atom stereocenters. The van der Waals surface area contributed by atoms with Gasteiger partial charge in [-0.2, -0.15) is 0 Å². The Bertz CT molecular complexity index is 462. The lowest BCUT2D eigenvalue weighted by Gasteiger charge is -2.31. The predicted octanol–water partition coefficient (Wildman–Crippen LogP) is 2.24. The Kier molecular flexibility index (Phi) is 5.39. The molecule has 0 saturated heterocycles. The van der Waals surface area contributed by atoms with E-state index in [0.717, 1.165) is 44.5 Å². The number of aromatic nitrogens is 2. The zero-order chi connectivity index (χ0) is 15.3. The van der Waals surface area contributed by atoms with Crippen LogP contribution in [0, 0.1) is 5.92 Å². The molecule has 1 aliphatic carbocycles. The van der Waals surface area contributed by atoms with Crippen LogP contribution < -0.4 is 5.32 Å². The van der Waals surface area contributed by atoms with Crippen LogP contribution in [0.1, 0.15) is 58.2 Å². The second-order valence-electron chi connectivity index (χ2n) is 6.63. The van der Waals surface area contributed by atoms with Crippen molar-refractivity contribution in [1.29, 1.82) is 0 Å². The van der Waals surface area contributed by atoms with Gasteiger partial charge in [-0.1, -0.05) is 33.1 Å². The summed E-state index contributed by atoms with van der Waals surface area (Å²) in [6.45, 7) is 5.63. The van der Waals surface area contributed by atoms with E-state index in [1.54, 1.807) is 6.20 Å². The Morgan fingerprint density at radius 2 is 2.14 bits per heavy atom. The van der Waals surface area contributed by atoms with E-state index < -0.39 is 5.60 Å². The Morgan fingerprint density at radius 3 is 2.81 bits per heavy atom. The van der Waals surface area contributed by atoms with Gasteiger partial charge in [-0.15, -0.1) is 0 Å². The van der Waals surface area contributed by atoms with E-state index in [-0.39, 0.29) is 12.3 Å². The largest absolute Gasteiger partial charge is 0.389 e. The zero-order valence-electron chi connectivity index (χ0n) is 13.1.